The topological polar surface area (TPSA) is 0 Å². The summed E-state index contributed by atoms with van der Waals surface area (Å²) in [6.07, 6.45) is 0. The Morgan fingerprint density at radius 3 is 1.21 bits per heavy atom. The molecular formula is C32H32P2. The van der Waals surface area contributed by atoms with Crippen LogP contribution in [0.5, 0.6) is 0 Å². The monoisotopic (exact) mass is 478 g/mol. The Bertz CT molecular complexity index is 1400. The average molecular weight is 479 g/mol. The zero-order valence-electron chi connectivity index (χ0n) is 20.9. The molecule has 0 heterocycles. The fourth-order valence-electron chi connectivity index (χ4n) is 5.29. The van der Waals surface area contributed by atoms with Crippen molar-refractivity contribution in [3.8, 4) is 0 Å². The summed E-state index contributed by atoms with van der Waals surface area (Å²) in [6, 6.07) is 27.8. The maximum atomic E-state index is 2.47. The molecule has 0 radical (unpaired) electrons. The minimum atomic E-state index is 0.663. The van der Waals surface area contributed by atoms with E-state index in [1.165, 1.54) is 76.1 Å². The van der Waals surface area contributed by atoms with Gasteiger partial charge in [0, 0.05) is 0 Å². The van der Waals surface area contributed by atoms with Crippen LogP contribution in [0, 0.1) is 41.5 Å². The van der Waals surface area contributed by atoms with Crippen molar-refractivity contribution < 1.29 is 0 Å². The SMILES string of the molecule is Cc1cc(C)c(Pc2cccc3cc4cccc(Pc5c(C)cc(C)cc5C)c4cc23)c(C)c1. The van der Waals surface area contributed by atoms with Crippen molar-refractivity contribution >= 4 is 59.9 Å². The van der Waals surface area contributed by atoms with Gasteiger partial charge in [0.2, 0.25) is 0 Å². The Labute approximate surface area is 207 Å². The van der Waals surface area contributed by atoms with E-state index in [0.29, 0.717) is 17.2 Å². The minimum absolute atomic E-state index is 0.663. The maximum Gasteiger partial charge on any atom is -0.00997 e. The Morgan fingerprint density at radius 1 is 0.441 bits per heavy atom. The van der Waals surface area contributed by atoms with E-state index >= 15 is 0 Å². The molecule has 0 N–H and O–H groups in total. The van der Waals surface area contributed by atoms with Gasteiger partial charge in [-0.05, 0) is 119 Å². The highest BCUT2D eigenvalue weighted by Crippen LogP contribution is 2.29. The molecule has 5 rings (SSSR count). The lowest BCUT2D eigenvalue weighted by Crippen LogP contribution is -2.13. The molecule has 0 spiro atoms. The molecule has 0 amide bonds. The lowest BCUT2D eigenvalue weighted by atomic mass is 10.0. The summed E-state index contributed by atoms with van der Waals surface area (Å²) in [6.45, 7) is 13.4. The van der Waals surface area contributed by atoms with Gasteiger partial charge in [-0.25, -0.2) is 0 Å². The van der Waals surface area contributed by atoms with E-state index in [1.54, 1.807) is 0 Å². The van der Waals surface area contributed by atoms with Crippen LogP contribution in [-0.4, -0.2) is 0 Å². The largest absolute Gasteiger partial charge is 0.0610 e. The van der Waals surface area contributed by atoms with Crippen molar-refractivity contribution in [2.24, 2.45) is 0 Å². The van der Waals surface area contributed by atoms with E-state index in [0.717, 1.165) is 0 Å². The third-order valence-electron chi connectivity index (χ3n) is 6.75. The second-order valence-electron chi connectivity index (χ2n) is 9.70. The molecule has 5 aromatic carbocycles. The summed E-state index contributed by atoms with van der Waals surface area (Å²) >= 11 is 0. The van der Waals surface area contributed by atoms with Crippen LogP contribution >= 0.6 is 17.2 Å². The third-order valence-corrected chi connectivity index (χ3v) is 10.2. The smallest absolute Gasteiger partial charge is 0.00997 e. The first-order chi connectivity index (χ1) is 16.3. The first-order valence-electron chi connectivity index (χ1n) is 12.0. The summed E-state index contributed by atoms with van der Waals surface area (Å²) in [5.41, 5.74) is 8.31. The molecular weight excluding hydrogens is 446 g/mol. The van der Waals surface area contributed by atoms with E-state index in [9.17, 15) is 0 Å². The quantitative estimate of drug-likeness (QED) is 0.191. The molecule has 2 heteroatoms. The highest BCUT2D eigenvalue weighted by molar-refractivity contribution is 7.56. The zero-order chi connectivity index (χ0) is 24.0. The van der Waals surface area contributed by atoms with E-state index in [4.69, 9.17) is 0 Å². The van der Waals surface area contributed by atoms with Crippen LogP contribution in [0.4, 0.5) is 0 Å². The molecule has 0 saturated heterocycles. The molecule has 5 aromatic rings. The predicted molar refractivity (Wildman–Crippen MR) is 158 cm³/mol. The molecule has 0 bridgehead atoms. The Hall–Kier alpha value is -2.52. The van der Waals surface area contributed by atoms with Gasteiger partial charge in [-0.2, -0.15) is 0 Å². The first kappa shape index (κ1) is 23.2. The second kappa shape index (κ2) is 9.26. The van der Waals surface area contributed by atoms with Crippen molar-refractivity contribution in [2.45, 2.75) is 41.5 Å². The molecule has 0 nitrogen and oxygen atoms in total. The number of rotatable bonds is 4. The summed E-state index contributed by atoms with van der Waals surface area (Å²) in [4.78, 5) is 0. The Kier molecular flexibility index (Phi) is 6.33. The zero-order valence-corrected chi connectivity index (χ0v) is 22.9. The molecule has 2 atom stereocenters. The Balaban J connectivity index is 1.65. The van der Waals surface area contributed by atoms with Crippen LogP contribution in [0.1, 0.15) is 33.4 Å². The summed E-state index contributed by atoms with van der Waals surface area (Å²) < 4.78 is 0. The molecule has 0 aliphatic heterocycles. The molecule has 170 valence electrons. The van der Waals surface area contributed by atoms with Crippen molar-refractivity contribution in [1.29, 1.82) is 0 Å². The van der Waals surface area contributed by atoms with Gasteiger partial charge in [0.15, 0.2) is 0 Å². The third kappa shape index (κ3) is 4.43. The van der Waals surface area contributed by atoms with Crippen LogP contribution < -0.4 is 21.2 Å². The predicted octanol–water partition coefficient (Wildman–Crippen LogP) is 7.10. The van der Waals surface area contributed by atoms with Crippen molar-refractivity contribution in [1.82, 2.24) is 0 Å². The standard InChI is InChI=1S/C32H32P2/c1-19-13-21(3)31(22(4)14-19)33-29-11-7-9-25-17-26-10-8-12-30(28(26)18-27(25)29)34-32-23(5)15-20(2)16-24(32)6/h7-18,33-34H,1-6H3. The van der Waals surface area contributed by atoms with Crippen molar-refractivity contribution in [3.05, 3.63) is 106 Å². The van der Waals surface area contributed by atoms with Crippen LogP contribution in [0.15, 0.2) is 72.8 Å². The van der Waals surface area contributed by atoms with E-state index in [-0.39, 0.29) is 0 Å². The molecule has 0 aromatic heterocycles. The molecule has 34 heavy (non-hydrogen) atoms. The summed E-state index contributed by atoms with van der Waals surface area (Å²) in [5.74, 6) is 0. The van der Waals surface area contributed by atoms with Gasteiger partial charge < -0.3 is 0 Å². The summed E-state index contributed by atoms with van der Waals surface area (Å²) in [7, 11) is 1.33. The fourth-order valence-corrected chi connectivity index (χ4v) is 7.97. The van der Waals surface area contributed by atoms with E-state index in [2.05, 4.69) is 114 Å². The van der Waals surface area contributed by atoms with Gasteiger partial charge in [-0.1, -0.05) is 89.0 Å². The number of benzene rings is 5. The van der Waals surface area contributed by atoms with Crippen LogP contribution in [0.3, 0.4) is 0 Å². The maximum absolute atomic E-state index is 2.47. The lowest BCUT2D eigenvalue weighted by molar-refractivity contribution is 1.36. The lowest BCUT2D eigenvalue weighted by Gasteiger charge is -2.16. The second-order valence-corrected chi connectivity index (χ2v) is 12.3. The highest BCUT2D eigenvalue weighted by Gasteiger charge is 2.12. The summed E-state index contributed by atoms with van der Waals surface area (Å²) in [5, 5.41) is 11.3. The van der Waals surface area contributed by atoms with Gasteiger partial charge in [0.1, 0.15) is 0 Å². The highest BCUT2D eigenvalue weighted by atomic mass is 31.1. The average Bonchev–Trinajstić information content (AvgIpc) is 2.77. The minimum Gasteiger partial charge on any atom is -0.0610 e. The molecule has 2 unspecified atom stereocenters. The normalized spacial score (nSPS) is 12.2. The van der Waals surface area contributed by atoms with Crippen LogP contribution in [0.25, 0.3) is 21.5 Å². The Morgan fingerprint density at radius 2 is 0.824 bits per heavy atom. The van der Waals surface area contributed by atoms with Crippen LogP contribution in [-0.2, 0) is 0 Å². The van der Waals surface area contributed by atoms with Gasteiger partial charge >= 0.3 is 0 Å². The number of hydrogen-bond acceptors (Lipinski definition) is 0. The van der Waals surface area contributed by atoms with Gasteiger partial charge in [-0.15, -0.1) is 0 Å². The van der Waals surface area contributed by atoms with E-state index < -0.39 is 0 Å². The molecule has 0 aliphatic rings. The van der Waals surface area contributed by atoms with Gasteiger partial charge in [0.25, 0.3) is 0 Å². The van der Waals surface area contributed by atoms with Crippen LogP contribution in [0.2, 0.25) is 0 Å². The van der Waals surface area contributed by atoms with Crippen molar-refractivity contribution in [3.63, 3.8) is 0 Å². The fraction of sp³-hybridized carbons (Fsp3) is 0.188. The molecule has 0 saturated carbocycles. The number of aryl methyl sites for hydroxylation is 6. The van der Waals surface area contributed by atoms with Gasteiger partial charge in [0.05, 0.1) is 0 Å². The number of hydrogen-bond donors (Lipinski definition) is 0. The molecule has 0 fully saturated rings. The van der Waals surface area contributed by atoms with Gasteiger partial charge in [-0.3, -0.25) is 0 Å². The number of fused-ring (bicyclic) bond motifs is 2. The molecule has 0 aliphatic carbocycles. The van der Waals surface area contributed by atoms with Crippen molar-refractivity contribution in [2.75, 3.05) is 0 Å². The first-order valence-corrected chi connectivity index (χ1v) is 14.0. The van der Waals surface area contributed by atoms with E-state index in [1.807, 2.05) is 0 Å².